The second-order valence-corrected chi connectivity index (χ2v) is 6.12. The van der Waals surface area contributed by atoms with Gasteiger partial charge >= 0.3 is 6.03 Å². The standard InChI is InChI=1S/C16H16F2N4O2/c1-16(2)14(23)22(13-8-19-20-9-13)15(24)21(16)4-3-10-5-11(17)7-12(18)6-10/h5-9H,3-4H2,1-2H3,(H,19,20). The number of aromatic amines is 1. The molecule has 2 aromatic rings. The van der Waals surface area contributed by atoms with Gasteiger partial charge in [0.1, 0.15) is 17.2 Å². The molecule has 1 aliphatic heterocycles. The smallest absolute Gasteiger partial charge is 0.309 e. The number of imide groups is 1. The molecule has 0 radical (unpaired) electrons. The number of nitrogens with zero attached hydrogens (tertiary/aromatic N) is 3. The molecule has 0 bridgehead atoms. The largest absolute Gasteiger partial charge is 0.332 e. The first-order valence-corrected chi connectivity index (χ1v) is 7.40. The molecule has 2 heterocycles. The van der Waals surface area contributed by atoms with Gasteiger partial charge in [0.15, 0.2) is 0 Å². The number of carbonyl (C=O) groups is 2. The van der Waals surface area contributed by atoms with Crippen LogP contribution in [-0.2, 0) is 11.2 Å². The van der Waals surface area contributed by atoms with Crippen LogP contribution in [0.5, 0.6) is 0 Å². The summed E-state index contributed by atoms with van der Waals surface area (Å²) in [6.07, 6.45) is 3.07. The Kier molecular flexibility index (Phi) is 3.82. The van der Waals surface area contributed by atoms with Gasteiger partial charge in [0.05, 0.1) is 11.9 Å². The average Bonchev–Trinajstić information content (AvgIpc) is 3.04. The highest BCUT2D eigenvalue weighted by Crippen LogP contribution is 2.31. The van der Waals surface area contributed by atoms with Crippen LogP contribution in [0.15, 0.2) is 30.6 Å². The van der Waals surface area contributed by atoms with Gasteiger partial charge in [-0.3, -0.25) is 9.89 Å². The predicted molar refractivity (Wildman–Crippen MR) is 82.3 cm³/mol. The molecule has 1 aromatic heterocycles. The van der Waals surface area contributed by atoms with Crippen molar-refractivity contribution in [1.29, 1.82) is 0 Å². The highest BCUT2D eigenvalue weighted by atomic mass is 19.1. The molecule has 1 saturated heterocycles. The van der Waals surface area contributed by atoms with E-state index in [1.807, 2.05) is 0 Å². The zero-order chi connectivity index (χ0) is 17.5. The predicted octanol–water partition coefficient (Wildman–Crippen LogP) is 2.48. The van der Waals surface area contributed by atoms with Crippen molar-refractivity contribution in [3.8, 4) is 0 Å². The number of nitrogens with one attached hydrogen (secondary N) is 1. The minimum atomic E-state index is -1.06. The molecule has 0 aliphatic carbocycles. The lowest BCUT2D eigenvalue weighted by Gasteiger charge is -2.27. The Bertz CT molecular complexity index is 769. The van der Waals surface area contributed by atoms with Crippen molar-refractivity contribution in [2.75, 3.05) is 11.4 Å². The minimum Gasteiger partial charge on any atom is -0.309 e. The molecule has 1 aliphatic rings. The van der Waals surface area contributed by atoms with E-state index in [0.29, 0.717) is 11.3 Å². The van der Waals surface area contributed by atoms with Crippen molar-refractivity contribution in [3.63, 3.8) is 0 Å². The summed E-state index contributed by atoms with van der Waals surface area (Å²) in [5.41, 5.74) is -0.275. The molecule has 1 N–H and O–H groups in total. The molecule has 126 valence electrons. The second kappa shape index (κ2) is 5.70. The number of hydrogen-bond donors (Lipinski definition) is 1. The number of halogens is 2. The molecular weight excluding hydrogens is 318 g/mol. The Morgan fingerprint density at radius 3 is 2.42 bits per heavy atom. The van der Waals surface area contributed by atoms with Crippen molar-refractivity contribution in [2.45, 2.75) is 25.8 Å². The topological polar surface area (TPSA) is 69.3 Å². The van der Waals surface area contributed by atoms with E-state index < -0.39 is 23.2 Å². The van der Waals surface area contributed by atoms with Crippen LogP contribution in [0.2, 0.25) is 0 Å². The van der Waals surface area contributed by atoms with Gasteiger partial charge in [-0.05, 0) is 38.0 Å². The van der Waals surface area contributed by atoms with Crippen LogP contribution < -0.4 is 4.90 Å². The Morgan fingerprint density at radius 2 is 1.83 bits per heavy atom. The molecule has 1 fully saturated rings. The molecule has 0 saturated carbocycles. The molecule has 0 unspecified atom stereocenters. The maximum atomic E-state index is 13.3. The highest BCUT2D eigenvalue weighted by Gasteiger charge is 2.51. The minimum absolute atomic E-state index is 0.162. The Balaban J connectivity index is 1.82. The van der Waals surface area contributed by atoms with E-state index in [9.17, 15) is 18.4 Å². The quantitative estimate of drug-likeness (QED) is 0.874. The summed E-state index contributed by atoms with van der Waals surface area (Å²) in [4.78, 5) is 27.6. The lowest BCUT2D eigenvalue weighted by molar-refractivity contribution is -0.123. The fourth-order valence-corrected chi connectivity index (χ4v) is 2.80. The monoisotopic (exact) mass is 334 g/mol. The van der Waals surface area contributed by atoms with E-state index in [1.54, 1.807) is 13.8 Å². The van der Waals surface area contributed by atoms with Crippen LogP contribution in [0.25, 0.3) is 0 Å². The first-order chi connectivity index (χ1) is 11.3. The summed E-state index contributed by atoms with van der Waals surface area (Å²) in [5.74, 6) is -1.72. The lowest BCUT2D eigenvalue weighted by Crippen LogP contribution is -2.45. The van der Waals surface area contributed by atoms with Crippen LogP contribution in [0.4, 0.5) is 19.3 Å². The Labute approximate surface area is 137 Å². The van der Waals surface area contributed by atoms with Crippen LogP contribution in [-0.4, -0.2) is 39.1 Å². The van der Waals surface area contributed by atoms with Gasteiger partial charge in [0.2, 0.25) is 0 Å². The third kappa shape index (κ3) is 2.64. The van der Waals surface area contributed by atoms with Gasteiger partial charge in [-0.2, -0.15) is 5.10 Å². The van der Waals surface area contributed by atoms with Crippen LogP contribution >= 0.6 is 0 Å². The number of amides is 3. The average molecular weight is 334 g/mol. The normalized spacial score (nSPS) is 17.0. The number of carbonyl (C=O) groups excluding carboxylic acids is 2. The van der Waals surface area contributed by atoms with Crippen LogP contribution in [0, 0.1) is 11.6 Å². The SMILES string of the molecule is CC1(C)C(=O)N(c2cn[nH]c2)C(=O)N1CCc1cc(F)cc(F)c1. The third-order valence-electron chi connectivity index (χ3n) is 4.11. The van der Waals surface area contributed by atoms with E-state index >= 15 is 0 Å². The molecule has 8 heteroatoms. The molecule has 3 amide bonds. The summed E-state index contributed by atoms with van der Waals surface area (Å²) < 4.78 is 26.5. The van der Waals surface area contributed by atoms with Gasteiger partial charge in [0, 0.05) is 18.8 Å². The van der Waals surface area contributed by atoms with E-state index in [1.165, 1.54) is 29.4 Å². The third-order valence-corrected chi connectivity index (χ3v) is 4.11. The number of hydrogen-bond acceptors (Lipinski definition) is 3. The molecular formula is C16H16F2N4O2. The van der Waals surface area contributed by atoms with Gasteiger partial charge < -0.3 is 4.90 Å². The maximum Gasteiger partial charge on any atom is 0.332 e. The molecule has 3 rings (SSSR count). The van der Waals surface area contributed by atoms with Crippen molar-refractivity contribution in [2.24, 2.45) is 0 Å². The van der Waals surface area contributed by atoms with Crippen molar-refractivity contribution in [1.82, 2.24) is 15.1 Å². The van der Waals surface area contributed by atoms with Crippen molar-refractivity contribution >= 4 is 17.6 Å². The number of benzene rings is 1. The van der Waals surface area contributed by atoms with E-state index in [0.717, 1.165) is 11.0 Å². The summed E-state index contributed by atoms with van der Waals surface area (Å²) in [7, 11) is 0. The number of aromatic nitrogens is 2. The first-order valence-electron chi connectivity index (χ1n) is 7.40. The van der Waals surface area contributed by atoms with Gasteiger partial charge in [-0.1, -0.05) is 0 Å². The second-order valence-electron chi connectivity index (χ2n) is 6.12. The number of H-pyrrole nitrogens is 1. The van der Waals surface area contributed by atoms with E-state index in [-0.39, 0.29) is 18.9 Å². The summed E-state index contributed by atoms with van der Waals surface area (Å²) in [5, 5.41) is 6.31. The highest BCUT2D eigenvalue weighted by molar-refractivity contribution is 6.22. The molecule has 0 atom stereocenters. The van der Waals surface area contributed by atoms with E-state index in [4.69, 9.17) is 0 Å². The van der Waals surface area contributed by atoms with Crippen LogP contribution in [0.1, 0.15) is 19.4 Å². The Morgan fingerprint density at radius 1 is 1.17 bits per heavy atom. The number of urea groups is 1. The summed E-state index contributed by atoms with van der Waals surface area (Å²) in [6.45, 7) is 3.44. The summed E-state index contributed by atoms with van der Waals surface area (Å²) >= 11 is 0. The zero-order valence-corrected chi connectivity index (χ0v) is 13.2. The van der Waals surface area contributed by atoms with Gasteiger partial charge in [0.25, 0.3) is 5.91 Å². The van der Waals surface area contributed by atoms with Gasteiger partial charge in [-0.15, -0.1) is 0 Å². The molecule has 0 spiro atoms. The number of anilines is 1. The van der Waals surface area contributed by atoms with Crippen molar-refractivity contribution in [3.05, 3.63) is 47.8 Å². The van der Waals surface area contributed by atoms with Gasteiger partial charge in [-0.25, -0.2) is 18.5 Å². The fraction of sp³-hybridized carbons (Fsp3) is 0.312. The van der Waals surface area contributed by atoms with Crippen molar-refractivity contribution < 1.29 is 18.4 Å². The maximum absolute atomic E-state index is 13.3. The first kappa shape index (κ1) is 16.1. The molecule has 6 nitrogen and oxygen atoms in total. The zero-order valence-electron chi connectivity index (χ0n) is 13.2. The summed E-state index contributed by atoms with van der Waals surface area (Å²) in [6, 6.07) is 2.74. The van der Waals surface area contributed by atoms with E-state index in [2.05, 4.69) is 10.2 Å². The molecule has 1 aromatic carbocycles. The number of rotatable bonds is 4. The Hall–Kier alpha value is -2.77. The lowest BCUT2D eigenvalue weighted by atomic mass is 10.0. The fourth-order valence-electron chi connectivity index (χ4n) is 2.80. The van der Waals surface area contributed by atoms with Crippen LogP contribution in [0.3, 0.4) is 0 Å². The molecule has 24 heavy (non-hydrogen) atoms.